The number of tetrazole rings is 1. The molecule has 0 fully saturated rings. The van der Waals surface area contributed by atoms with E-state index in [0.29, 0.717) is 17.1 Å². The molecule has 0 saturated carbocycles. The molecule has 9 nitrogen and oxygen atoms in total. The van der Waals surface area contributed by atoms with E-state index in [-0.39, 0.29) is 18.1 Å². The fraction of sp³-hybridized carbons (Fsp3) is 0.150. The summed E-state index contributed by atoms with van der Waals surface area (Å²) in [6.07, 6.45) is 1.40. The molecular formula is C20H19FN8O. The summed E-state index contributed by atoms with van der Waals surface area (Å²) in [6, 6.07) is 14.0. The van der Waals surface area contributed by atoms with E-state index in [1.54, 1.807) is 10.7 Å². The van der Waals surface area contributed by atoms with Gasteiger partial charge >= 0.3 is 0 Å². The highest BCUT2D eigenvalue weighted by molar-refractivity contribution is 5.94. The highest BCUT2D eigenvalue weighted by Gasteiger charge is 2.15. The van der Waals surface area contributed by atoms with Gasteiger partial charge in [-0.1, -0.05) is 18.2 Å². The number of para-hydroxylation sites is 1. The van der Waals surface area contributed by atoms with E-state index in [4.69, 9.17) is 0 Å². The Morgan fingerprint density at radius 3 is 2.63 bits per heavy atom. The minimum absolute atomic E-state index is 0.120. The topological polar surface area (TPSA) is 103 Å². The molecule has 2 heterocycles. The fourth-order valence-corrected chi connectivity index (χ4v) is 3.07. The van der Waals surface area contributed by atoms with Crippen LogP contribution in [0.3, 0.4) is 0 Å². The average molecular weight is 406 g/mol. The predicted molar refractivity (Wildman–Crippen MR) is 109 cm³/mol. The van der Waals surface area contributed by atoms with E-state index in [1.807, 2.05) is 44.2 Å². The molecule has 0 aliphatic heterocycles. The zero-order chi connectivity index (χ0) is 21.1. The number of nitrogens with zero attached hydrogens (tertiary/aromatic N) is 6. The van der Waals surface area contributed by atoms with Crippen molar-refractivity contribution >= 4 is 17.3 Å². The van der Waals surface area contributed by atoms with Gasteiger partial charge in [-0.15, -0.1) is 5.10 Å². The van der Waals surface area contributed by atoms with Gasteiger partial charge in [0.1, 0.15) is 12.1 Å². The molecule has 0 atom stereocenters. The Morgan fingerprint density at radius 2 is 1.90 bits per heavy atom. The van der Waals surface area contributed by atoms with Crippen LogP contribution >= 0.6 is 0 Å². The van der Waals surface area contributed by atoms with Crippen molar-refractivity contribution in [1.82, 2.24) is 30.0 Å². The summed E-state index contributed by atoms with van der Waals surface area (Å²) < 4.78 is 17.3. The molecule has 2 N–H and O–H groups in total. The molecule has 0 spiro atoms. The van der Waals surface area contributed by atoms with Gasteiger partial charge in [0.2, 0.25) is 5.91 Å². The normalized spacial score (nSPS) is 10.8. The maximum Gasteiger partial charge on any atom is 0.243 e. The Hall–Kier alpha value is -4.08. The van der Waals surface area contributed by atoms with Gasteiger partial charge in [0.05, 0.1) is 40.7 Å². The molecule has 0 saturated heterocycles. The minimum atomic E-state index is -0.483. The number of carbonyl (C=O) groups is 1. The quantitative estimate of drug-likeness (QED) is 0.510. The van der Waals surface area contributed by atoms with Crippen molar-refractivity contribution in [1.29, 1.82) is 0 Å². The summed E-state index contributed by atoms with van der Waals surface area (Å²) in [5.41, 5.74) is 3.77. The Kier molecular flexibility index (Phi) is 5.21. The van der Waals surface area contributed by atoms with Crippen molar-refractivity contribution in [2.24, 2.45) is 0 Å². The zero-order valence-electron chi connectivity index (χ0n) is 16.4. The van der Waals surface area contributed by atoms with Crippen LogP contribution in [-0.2, 0) is 4.79 Å². The van der Waals surface area contributed by atoms with Crippen LogP contribution in [-0.4, -0.2) is 42.4 Å². The molecule has 10 heteroatoms. The first-order chi connectivity index (χ1) is 14.5. The highest BCUT2D eigenvalue weighted by Crippen LogP contribution is 2.23. The van der Waals surface area contributed by atoms with E-state index in [9.17, 15) is 9.18 Å². The number of rotatable bonds is 6. The SMILES string of the molecule is Cc1nn(-c2ccccc2)c(C)c1NC(=O)CNc1cc(-n2cnnn2)ccc1F. The average Bonchev–Trinajstić information content (AvgIpc) is 3.38. The zero-order valence-corrected chi connectivity index (χ0v) is 16.4. The number of amides is 1. The van der Waals surface area contributed by atoms with Crippen LogP contribution in [0.5, 0.6) is 0 Å². The van der Waals surface area contributed by atoms with Gasteiger partial charge in [0.15, 0.2) is 0 Å². The smallest absolute Gasteiger partial charge is 0.243 e. The van der Waals surface area contributed by atoms with Gasteiger partial charge in [-0.3, -0.25) is 4.79 Å². The highest BCUT2D eigenvalue weighted by atomic mass is 19.1. The molecule has 0 aliphatic rings. The predicted octanol–water partition coefficient (Wildman–Crippen LogP) is 2.65. The van der Waals surface area contributed by atoms with Crippen LogP contribution in [0, 0.1) is 19.7 Å². The molecular weight excluding hydrogens is 387 g/mol. The van der Waals surface area contributed by atoms with Crippen LogP contribution in [0.15, 0.2) is 54.9 Å². The number of hydrogen-bond donors (Lipinski definition) is 2. The van der Waals surface area contributed by atoms with E-state index < -0.39 is 5.82 Å². The van der Waals surface area contributed by atoms with Gasteiger partial charge in [0.25, 0.3) is 0 Å². The van der Waals surface area contributed by atoms with Crippen molar-refractivity contribution in [3.63, 3.8) is 0 Å². The number of aromatic nitrogens is 6. The molecule has 152 valence electrons. The Labute approximate surface area is 171 Å². The van der Waals surface area contributed by atoms with Crippen LogP contribution in [0.25, 0.3) is 11.4 Å². The summed E-state index contributed by atoms with van der Waals surface area (Å²) in [6.45, 7) is 3.58. The standard InChI is InChI=1S/C20H19FN8O/c1-13-20(14(2)29(25-13)15-6-4-3-5-7-15)24-19(30)11-22-18-10-16(8-9-17(18)21)28-12-23-26-27-28/h3-10,12,22H,11H2,1-2H3,(H,24,30). The molecule has 0 bridgehead atoms. The molecule has 4 rings (SSSR count). The Morgan fingerprint density at radius 1 is 1.10 bits per heavy atom. The lowest BCUT2D eigenvalue weighted by Gasteiger charge is -2.10. The number of hydrogen-bond acceptors (Lipinski definition) is 6. The van der Waals surface area contributed by atoms with Crippen LogP contribution < -0.4 is 10.6 Å². The molecule has 30 heavy (non-hydrogen) atoms. The third-order valence-corrected chi connectivity index (χ3v) is 4.56. The molecule has 2 aromatic carbocycles. The lowest BCUT2D eigenvalue weighted by atomic mass is 10.2. The Balaban J connectivity index is 1.46. The molecule has 2 aromatic heterocycles. The number of nitrogens with one attached hydrogen (secondary N) is 2. The number of carbonyl (C=O) groups excluding carboxylic acids is 1. The van der Waals surface area contributed by atoms with E-state index in [0.717, 1.165) is 11.4 Å². The molecule has 1 amide bonds. The van der Waals surface area contributed by atoms with Crippen molar-refractivity contribution in [3.8, 4) is 11.4 Å². The second-order valence-corrected chi connectivity index (χ2v) is 6.61. The second-order valence-electron chi connectivity index (χ2n) is 6.61. The monoisotopic (exact) mass is 406 g/mol. The Bertz CT molecular complexity index is 1170. The first-order valence-electron chi connectivity index (χ1n) is 9.21. The summed E-state index contributed by atoms with van der Waals surface area (Å²) in [7, 11) is 0. The van der Waals surface area contributed by atoms with E-state index in [1.165, 1.54) is 23.1 Å². The van der Waals surface area contributed by atoms with Gasteiger partial charge < -0.3 is 10.6 Å². The fourth-order valence-electron chi connectivity index (χ4n) is 3.07. The van der Waals surface area contributed by atoms with Crippen LogP contribution in [0.1, 0.15) is 11.4 Å². The van der Waals surface area contributed by atoms with Crippen molar-refractivity contribution in [3.05, 3.63) is 72.1 Å². The molecule has 0 radical (unpaired) electrons. The third-order valence-electron chi connectivity index (χ3n) is 4.56. The van der Waals surface area contributed by atoms with Gasteiger partial charge in [-0.05, 0) is 54.6 Å². The van der Waals surface area contributed by atoms with E-state index >= 15 is 0 Å². The van der Waals surface area contributed by atoms with Crippen molar-refractivity contribution < 1.29 is 9.18 Å². The summed E-state index contributed by atoms with van der Waals surface area (Å²) in [5, 5.41) is 21.1. The first-order valence-corrected chi connectivity index (χ1v) is 9.21. The number of halogens is 1. The summed E-state index contributed by atoms with van der Waals surface area (Å²) >= 11 is 0. The first kappa shape index (κ1) is 19.2. The van der Waals surface area contributed by atoms with Crippen LogP contribution in [0.2, 0.25) is 0 Å². The number of anilines is 2. The van der Waals surface area contributed by atoms with E-state index in [2.05, 4.69) is 31.3 Å². The summed E-state index contributed by atoms with van der Waals surface area (Å²) in [5.74, 6) is -0.801. The van der Waals surface area contributed by atoms with Crippen LogP contribution in [0.4, 0.5) is 15.8 Å². The van der Waals surface area contributed by atoms with Crippen molar-refractivity contribution in [2.75, 3.05) is 17.2 Å². The van der Waals surface area contributed by atoms with Crippen molar-refractivity contribution in [2.45, 2.75) is 13.8 Å². The van der Waals surface area contributed by atoms with Gasteiger partial charge in [-0.2, -0.15) is 5.10 Å². The molecule has 0 unspecified atom stereocenters. The number of aryl methyl sites for hydroxylation is 1. The lowest BCUT2D eigenvalue weighted by molar-refractivity contribution is -0.114. The largest absolute Gasteiger partial charge is 0.374 e. The maximum atomic E-state index is 14.1. The lowest BCUT2D eigenvalue weighted by Crippen LogP contribution is -2.23. The molecule has 0 aliphatic carbocycles. The number of benzene rings is 2. The second kappa shape index (κ2) is 8.11. The minimum Gasteiger partial charge on any atom is -0.374 e. The summed E-state index contributed by atoms with van der Waals surface area (Å²) in [4.78, 5) is 12.5. The van der Waals surface area contributed by atoms with Gasteiger partial charge in [-0.25, -0.2) is 13.8 Å². The maximum absolute atomic E-state index is 14.1. The molecule has 4 aromatic rings. The third kappa shape index (κ3) is 3.88. The van der Waals surface area contributed by atoms with Gasteiger partial charge in [0, 0.05) is 0 Å².